The highest BCUT2D eigenvalue weighted by molar-refractivity contribution is 5.44. The lowest BCUT2D eigenvalue weighted by atomic mass is 9.99. The zero-order valence-corrected chi connectivity index (χ0v) is 9.48. The van der Waals surface area contributed by atoms with Gasteiger partial charge in [-0.2, -0.15) is 0 Å². The highest BCUT2D eigenvalue weighted by Crippen LogP contribution is 2.11. The van der Waals surface area contributed by atoms with E-state index in [1.54, 1.807) is 12.1 Å². The van der Waals surface area contributed by atoms with Crippen LogP contribution in [0.4, 0.5) is 0 Å². The first kappa shape index (κ1) is 11.6. The van der Waals surface area contributed by atoms with E-state index in [9.17, 15) is 4.79 Å². The number of rotatable bonds is 2. The summed E-state index contributed by atoms with van der Waals surface area (Å²) >= 11 is 0. The normalized spacial score (nSPS) is 15.8. The quantitative estimate of drug-likeness (QED) is 0.607. The molecule has 2 rings (SSSR count). The largest absolute Gasteiger partial charge is 0.427 e. The van der Waals surface area contributed by atoms with E-state index in [1.165, 1.54) is 6.20 Å². The van der Waals surface area contributed by atoms with Gasteiger partial charge in [-0.1, -0.05) is 5.92 Å². The van der Waals surface area contributed by atoms with Crippen LogP contribution in [-0.4, -0.2) is 24.5 Å². The van der Waals surface area contributed by atoms with Gasteiger partial charge < -0.3 is 10.1 Å². The Morgan fingerprint density at radius 2 is 2.24 bits per heavy atom. The fourth-order valence-electron chi connectivity index (χ4n) is 1.72. The summed E-state index contributed by atoms with van der Waals surface area (Å²) in [6.07, 6.45) is 3.69. The molecule has 1 aliphatic heterocycles. The topological polar surface area (TPSA) is 51.2 Å². The van der Waals surface area contributed by atoms with Crippen molar-refractivity contribution in [1.82, 2.24) is 10.3 Å². The monoisotopic (exact) mass is 230 g/mol. The van der Waals surface area contributed by atoms with Gasteiger partial charge in [0.15, 0.2) is 0 Å². The summed E-state index contributed by atoms with van der Waals surface area (Å²) in [6, 6.07) is 3.45. The molecule has 0 radical (unpaired) electrons. The van der Waals surface area contributed by atoms with Crippen molar-refractivity contribution in [2.24, 2.45) is 5.92 Å². The van der Waals surface area contributed by atoms with Crippen LogP contribution in [-0.2, 0) is 4.79 Å². The Labute approximate surface area is 100 Å². The van der Waals surface area contributed by atoms with E-state index in [0.717, 1.165) is 25.9 Å². The van der Waals surface area contributed by atoms with Crippen LogP contribution < -0.4 is 10.1 Å². The van der Waals surface area contributed by atoms with Gasteiger partial charge >= 0.3 is 0 Å². The number of carbonyl (C=O) groups excluding carboxylic acids is 1. The molecule has 1 fully saturated rings. The van der Waals surface area contributed by atoms with Crippen LogP contribution in [0.2, 0.25) is 0 Å². The second kappa shape index (κ2) is 6.02. The van der Waals surface area contributed by atoms with Gasteiger partial charge in [0.25, 0.3) is 6.47 Å². The number of nitrogens with zero attached hydrogens (tertiary/aromatic N) is 1. The molecular weight excluding hydrogens is 216 g/mol. The van der Waals surface area contributed by atoms with Gasteiger partial charge in [0.2, 0.25) is 0 Å². The van der Waals surface area contributed by atoms with Gasteiger partial charge in [-0.25, -0.2) is 4.98 Å². The molecule has 0 aromatic carbocycles. The standard InChI is InChI=1S/C13H14N2O2/c16-10-17-13-4-3-12(15-9-13)2-1-11-5-7-14-8-6-11/h3-4,9-11,14H,5-8H2. The summed E-state index contributed by atoms with van der Waals surface area (Å²) < 4.78 is 4.66. The fourth-order valence-corrected chi connectivity index (χ4v) is 1.72. The van der Waals surface area contributed by atoms with Crippen molar-refractivity contribution >= 4 is 6.47 Å². The van der Waals surface area contributed by atoms with Crippen molar-refractivity contribution in [2.75, 3.05) is 13.1 Å². The Morgan fingerprint density at radius 1 is 1.41 bits per heavy atom. The summed E-state index contributed by atoms with van der Waals surface area (Å²) in [5.74, 6) is 7.18. The van der Waals surface area contributed by atoms with Crippen LogP contribution >= 0.6 is 0 Å². The minimum atomic E-state index is 0.386. The third-order valence-electron chi connectivity index (χ3n) is 2.66. The fraction of sp³-hybridized carbons (Fsp3) is 0.385. The average molecular weight is 230 g/mol. The van der Waals surface area contributed by atoms with Gasteiger partial charge in [-0.3, -0.25) is 4.79 Å². The summed E-state index contributed by atoms with van der Waals surface area (Å²) in [5.41, 5.74) is 0.710. The molecule has 0 unspecified atom stereocenters. The van der Waals surface area contributed by atoms with Crippen LogP contribution in [0.15, 0.2) is 18.3 Å². The predicted octanol–water partition coefficient (Wildman–Crippen LogP) is 0.968. The van der Waals surface area contributed by atoms with E-state index in [4.69, 9.17) is 0 Å². The molecular formula is C13H14N2O2. The van der Waals surface area contributed by atoms with Gasteiger partial charge in [0, 0.05) is 5.92 Å². The summed E-state index contributed by atoms with van der Waals surface area (Å²) in [5, 5.41) is 3.30. The maximum Gasteiger partial charge on any atom is 0.298 e. The summed E-state index contributed by atoms with van der Waals surface area (Å²) in [6.45, 7) is 2.47. The van der Waals surface area contributed by atoms with E-state index in [0.29, 0.717) is 23.8 Å². The van der Waals surface area contributed by atoms with Gasteiger partial charge in [0.05, 0.1) is 6.20 Å². The Balaban J connectivity index is 1.97. The van der Waals surface area contributed by atoms with Crippen molar-refractivity contribution in [3.8, 4) is 17.6 Å². The zero-order valence-electron chi connectivity index (χ0n) is 9.48. The first-order valence-electron chi connectivity index (χ1n) is 5.67. The number of aromatic nitrogens is 1. The van der Waals surface area contributed by atoms with E-state index in [1.807, 2.05) is 0 Å². The maximum atomic E-state index is 10.1. The summed E-state index contributed by atoms with van der Waals surface area (Å²) in [4.78, 5) is 14.2. The second-order valence-corrected chi connectivity index (χ2v) is 3.89. The van der Waals surface area contributed by atoms with Crippen molar-refractivity contribution in [3.05, 3.63) is 24.0 Å². The van der Waals surface area contributed by atoms with Crippen LogP contribution in [0.5, 0.6) is 5.75 Å². The number of carbonyl (C=O) groups is 1. The molecule has 0 amide bonds. The third kappa shape index (κ3) is 3.58. The molecule has 17 heavy (non-hydrogen) atoms. The minimum Gasteiger partial charge on any atom is -0.427 e. The Hall–Kier alpha value is -1.86. The third-order valence-corrected chi connectivity index (χ3v) is 2.66. The number of hydrogen-bond donors (Lipinski definition) is 1. The lowest BCUT2D eigenvalue weighted by molar-refractivity contribution is -0.120. The van der Waals surface area contributed by atoms with Crippen LogP contribution in [0, 0.1) is 17.8 Å². The molecule has 1 aliphatic rings. The van der Waals surface area contributed by atoms with E-state index < -0.39 is 0 Å². The number of nitrogens with one attached hydrogen (secondary N) is 1. The molecule has 4 nitrogen and oxygen atoms in total. The number of pyridine rings is 1. The Morgan fingerprint density at radius 3 is 2.88 bits per heavy atom. The van der Waals surface area contributed by atoms with Gasteiger partial charge in [-0.05, 0) is 44.0 Å². The molecule has 1 aromatic rings. The average Bonchev–Trinajstić information content (AvgIpc) is 2.40. The Bertz CT molecular complexity index is 425. The number of hydrogen-bond acceptors (Lipinski definition) is 4. The molecule has 2 heterocycles. The van der Waals surface area contributed by atoms with Crippen molar-refractivity contribution in [3.63, 3.8) is 0 Å². The first-order chi connectivity index (χ1) is 8.38. The molecule has 0 bridgehead atoms. The molecule has 1 N–H and O–H groups in total. The second-order valence-electron chi connectivity index (χ2n) is 3.89. The number of piperidine rings is 1. The van der Waals surface area contributed by atoms with Crippen LogP contribution in [0.3, 0.4) is 0 Å². The highest BCUT2D eigenvalue weighted by Gasteiger charge is 2.09. The molecule has 0 aliphatic carbocycles. The lowest BCUT2D eigenvalue weighted by Gasteiger charge is -2.17. The predicted molar refractivity (Wildman–Crippen MR) is 63.4 cm³/mol. The van der Waals surface area contributed by atoms with E-state index in [-0.39, 0.29) is 0 Å². The van der Waals surface area contributed by atoms with Crippen molar-refractivity contribution < 1.29 is 9.53 Å². The minimum absolute atomic E-state index is 0.386. The van der Waals surface area contributed by atoms with E-state index in [2.05, 4.69) is 26.9 Å². The van der Waals surface area contributed by atoms with Crippen LogP contribution in [0.25, 0.3) is 0 Å². The smallest absolute Gasteiger partial charge is 0.298 e. The molecule has 1 aromatic heterocycles. The molecule has 0 spiro atoms. The van der Waals surface area contributed by atoms with Gasteiger partial charge in [0.1, 0.15) is 11.4 Å². The first-order valence-corrected chi connectivity index (χ1v) is 5.67. The maximum absolute atomic E-state index is 10.1. The Kier molecular flexibility index (Phi) is 4.11. The molecule has 88 valence electrons. The molecule has 0 atom stereocenters. The van der Waals surface area contributed by atoms with Crippen molar-refractivity contribution in [2.45, 2.75) is 12.8 Å². The number of ether oxygens (including phenoxy) is 1. The van der Waals surface area contributed by atoms with Gasteiger partial charge in [-0.15, -0.1) is 0 Å². The SMILES string of the molecule is O=COc1ccc(C#CC2CCNCC2)nc1. The molecule has 1 saturated heterocycles. The highest BCUT2D eigenvalue weighted by atomic mass is 16.5. The molecule has 4 heteroatoms. The van der Waals surface area contributed by atoms with Crippen LogP contribution in [0.1, 0.15) is 18.5 Å². The zero-order chi connectivity index (χ0) is 11.9. The molecule has 0 saturated carbocycles. The van der Waals surface area contributed by atoms with E-state index >= 15 is 0 Å². The summed E-state index contributed by atoms with van der Waals surface area (Å²) in [7, 11) is 0. The lowest BCUT2D eigenvalue weighted by Crippen LogP contribution is -2.26. The van der Waals surface area contributed by atoms with Crippen molar-refractivity contribution in [1.29, 1.82) is 0 Å².